The molecular weight excluding hydrogens is 410 g/mol. The Morgan fingerprint density at radius 1 is 0.844 bits per heavy atom. The van der Waals surface area contributed by atoms with E-state index in [1.165, 1.54) is 0 Å². The van der Waals surface area contributed by atoms with Crippen molar-refractivity contribution < 1.29 is 24.6 Å². The lowest BCUT2D eigenvalue weighted by Crippen LogP contribution is -2.50. The second-order valence-electron chi connectivity index (χ2n) is 7.63. The lowest BCUT2D eigenvalue weighted by Gasteiger charge is -2.18. The molecule has 0 aliphatic carbocycles. The van der Waals surface area contributed by atoms with Gasteiger partial charge in [0.25, 0.3) is 0 Å². The number of carboxylic acids is 2. The quantitative estimate of drug-likeness (QED) is 0.375. The smallest absolute Gasteiger partial charge is 0.326 e. The van der Waals surface area contributed by atoms with Crippen molar-refractivity contribution in [3.8, 4) is 0 Å². The summed E-state index contributed by atoms with van der Waals surface area (Å²) in [5.41, 5.74) is 12.9. The van der Waals surface area contributed by atoms with Gasteiger partial charge in [0, 0.05) is 6.42 Å². The minimum atomic E-state index is -1.07. The van der Waals surface area contributed by atoms with E-state index < -0.39 is 36.0 Å². The Balaban J connectivity index is 0.000000482. The van der Waals surface area contributed by atoms with Gasteiger partial charge in [-0.25, -0.2) is 4.79 Å². The topological polar surface area (TPSA) is 156 Å². The van der Waals surface area contributed by atoms with Gasteiger partial charge in [-0.2, -0.15) is 0 Å². The summed E-state index contributed by atoms with van der Waals surface area (Å²) in [6, 6.07) is 16.1. The number of amides is 1. The number of hydrogen-bond donors (Lipinski definition) is 5. The third kappa shape index (κ3) is 9.72. The Labute approximate surface area is 188 Å². The van der Waals surface area contributed by atoms with Crippen LogP contribution in [0.4, 0.5) is 0 Å². The highest BCUT2D eigenvalue weighted by Crippen LogP contribution is 2.06. The molecule has 32 heavy (non-hydrogen) atoms. The Morgan fingerprint density at radius 3 is 1.69 bits per heavy atom. The number of nitrogens with one attached hydrogen (secondary N) is 1. The first-order valence-corrected chi connectivity index (χ1v) is 10.5. The Bertz CT molecular complexity index is 845. The maximum Gasteiger partial charge on any atom is 0.326 e. The molecule has 8 nitrogen and oxygen atoms in total. The van der Waals surface area contributed by atoms with Crippen molar-refractivity contribution in [2.45, 2.75) is 51.2 Å². The highest BCUT2D eigenvalue weighted by Gasteiger charge is 2.23. The van der Waals surface area contributed by atoms with Crippen LogP contribution in [0.1, 0.15) is 31.4 Å². The Kier molecular flexibility index (Phi) is 11.7. The lowest BCUT2D eigenvalue weighted by atomic mass is 10.0. The van der Waals surface area contributed by atoms with Gasteiger partial charge in [0.05, 0.1) is 6.04 Å². The number of carbonyl (C=O) groups excluding carboxylic acids is 1. The Morgan fingerprint density at radius 2 is 1.31 bits per heavy atom. The third-order valence-electron chi connectivity index (χ3n) is 5.07. The molecular formula is C24H33N3O5. The van der Waals surface area contributed by atoms with Crippen LogP contribution in [0, 0.1) is 5.92 Å². The average Bonchev–Trinajstić information content (AvgIpc) is 2.79. The molecule has 0 spiro atoms. The number of carboxylic acid groups (broad SMARTS) is 2. The van der Waals surface area contributed by atoms with E-state index in [4.69, 9.17) is 16.6 Å². The number of hydrogen-bond acceptors (Lipinski definition) is 5. The van der Waals surface area contributed by atoms with E-state index in [0.29, 0.717) is 6.42 Å². The molecule has 0 radical (unpaired) electrons. The van der Waals surface area contributed by atoms with Gasteiger partial charge in [-0.3, -0.25) is 9.59 Å². The zero-order valence-electron chi connectivity index (χ0n) is 18.5. The van der Waals surface area contributed by atoms with Crippen molar-refractivity contribution in [2.75, 3.05) is 0 Å². The molecule has 0 unspecified atom stereocenters. The van der Waals surface area contributed by atoms with Gasteiger partial charge in [-0.05, 0) is 23.5 Å². The summed E-state index contributed by atoms with van der Waals surface area (Å²) in [6.45, 7) is 3.76. The molecule has 0 fully saturated rings. The molecule has 174 valence electrons. The largest absolute Gasteiger partial charge is 0.480 e. The highest BCUT2D eigenvalue weighted by molar-refractivity contribution is 5.87. The van der Waals surface area contributed by atoms with Gasteiger partial charge >= 0.3 is 11.9 Å². The second-order valence-corrected chi connectivity index (χ2v) is 7.63. The van der Waals surface area contributed by atoms with E-state index in [-0.39, 0.29) is 12.3 Å². The van der Waals surface area contributed by atoms with Crippen molar-refractivity contribution in [3.05, 3.63) is 71.8 Å². The molecule has 2 aromatic carbocycles. The highest BCUT2D eigenvalue weighted by atomic mass is 16.4. The second kappa shape index (κ2) is 14.0. The predicted octanol–water partition coefficient (Wildman–Crippen LogP) is 1.81. The van der Waals surface area contributed by atoms with Crippen molar-refractivity contribution in [1.29, 1.82) is 0 Å². The fourth-order valence-corrected chi connectivity index (χ4v) is 2.79. The number of benzene rings is 2. The number of nitrogens with two attached hydrogens (primary N) is 2. The fraction of sp³-hybridized carbons (Fsp3) is 0.375. The number of aliphatic carboxylic acids is 2. The summed E-state index contributed by atoms with van der Waals surface area (Å²) in [6.07, 6.45) is 1.40. The molecule has 0 saturated carbocycles. The van der Waals surface area contributed by atoms with Crippen molar-refractivity contribution in [3.63, 3.8) is 0 Å². The van der Waals surface area contributed by atoms with Crippen LogP contribution < -0.4 is 16.8 Å². The molecule has 0 saturated heterocycles. The molecule has 0 aromatic heterocycles. The van der Waals surface area contributed by atoms with Gasteiger partial charge in [-0.15, -0.1) is 0 Å². The van der Waals surface area contributed by atoms with E-state index in [0.717, 1.165) is 17.5 Å². The van der Waals surface area contributed by atoms with E-state index in [2.05, 4.69) is 5.32 Å². The van der Waals surface area contributed by atoms with Crippen molar-refractivity contribution >= 4 is 17.8 Å². The van der Waals surface area contributed by atoms with Gasteiger partial charge in [0.1, 0.15) is 12.1 Å². The van der Waals surface area contributed by atoms with E-state index >= 15 is 0 Å². The molecule has 0 aliphatic heterocycles. The summed E-state index contributed by atoms with van der Waals surface area (Å²) in [5, 5.41) is 20.2. The van der Waals surface area contributed by atoms with Crippen LogP contribution >= 0.6 is 0 Å². The molecule has 1 amide bonds. The van der Waals surface area contributed by atoms with Crippen LogP contribution in [0.2, 0.25) is 0 Å². The third-order valence-corrected chi connectivity index (χ3v) is 5.07. The maximum absolute atomic E-state index is 12.2. The van der Waals surface area contributed by atoms with Gasteiger partial charge in [-0.1, -0.05) is 80.9 Å². The van der Waals surface area contributed by atoms with Crippen molar-refractivity contribution in [2.24, 2.45) is 17.4 Å². The van der Waals surface area contributed by atoms with E-state index in [9.17, 15) is 19.5 Å². The summed E-state index contributed by atoms with van der Waals surface area (Å²) < 4.78 is 0. The summed E-state index contributed by atoms with van der Waals surface area (Å²) >= 11 is 0. The SMILES string of the molecule is CC[C@H](C)[C@H](N)C(=O)O.N[C@@H](Cc1ccccc1)C(=O)N[C@@H](Cc1ccccc1)C(=O)O. The summed E-state index contributed by atoms with van der Waals surface area (Å²) in [7, 11) is 0. The van der Waals surface area contributed by atoms with Crippen LogP contribution in [0.15, 0.2) is 60.7 Å². The van der Waals surface area contributed by atoms with Gasteiger partial charge in [0.15, 0.2) is 0 Å². The van der Waals surface area contributed by atoms with Crippen LogP contribution in [0.5, 0.6) is 0 Å². The number of carbonyl (C=O) groups is 3. The van der Waals surface area contributed by atoms with Crippen LogP contribution in [-0.4, -0.2) is 46.2 Å². The Hall–Kier alpha value is -3.23. The minimum absolute atomic E-state index is 0.0718. The molecule has 2 rings (SSSR count). The number of rotatable bonds is 10. The molecule has 0 aliphatic rings. The molecule has 0 bridgehead atoms. The summed E-state index contributed by atoms with van der Waals surface area (Å²) in [5.74, 6) is -2.38. The maximum atomic E-state index is 12.2. The molecule has 0 heterocycles. The zero-order valence-corrected chi connectivity index (χ0v) is 18.5. The van der Waals surface area contributed by atoms with Crippen LogP contribution in [0.3, 0.4) is 0 Å². The predicted molar refractivity (Wildman–Crippen MR) is 123 cm³/mol. The normalized spacial score (nSPS) is 14.1. The summed E-state index contributed by atoms with van der Waals surface area (Å²) in [4.78, 5) is 33.7. The molecule has 2 aromatic rings. The lowest BCUT2D eigenvalue weighted by molar-refractivity contribution is -0.142. The minimum Gasteiger partial charge on any atom is -0.480 e. The first kappa shape index (κ1) is 26.8. The fourth-order valence-electron chi connectivity index (χ4n) is 2.79. The van der Waals surface area contributed by atoms with Crippen LogP contribution in [-0.2, 0) is 27.2 Å². The van der Waals surface area contributed by atoms with E-state index in [1.807, 2.05) is 74.5 Å². The van der Waals surface area contributed by atoms with Crippen molar-refractivity contribution in [1.82, 2.24) is 5.32 Å². The van der Waals surface area contributed by atoms with E-state index in [1.54, 1.807) is 0 Å². The van der Waals surface area contributed by atoms with Gasteiger partial charge in [0.2, 0.25) is 5.91 Å². The first-order chi connectivity index (χ1) is 15.1. The molecule has 4 atom stereocenters. The first-order valence-electron chi connectivity index (χ1n) is 10.5. The monoisotopic (exact) mass is 443 g/mol. The zero-order chi connectivity index (χ0) is 24.1. The van der Waals surface area contributed by atoms with Gasteiger partial charge < -0.3 is 27.0 Å². The molecule has 8 heteroatoms. The van der Waals surface area contributed by atoms with Crippen LogP contribution in [0.25, 0.3) is 0 Å². The average molecular weight is 444 g/mol. The standard InChI is InChI=1S/C18H20N2O3.C6H13NO2/c19-15(11-13-7-3-1-4-8-13)17(21)20-16(18(22)23)12-14-9-5-2-6-10-14;1-3-4(2)5(7)6(8)9/h1-10,15-16H,11-12,19H2,(H,20,21)(H,22,23);4-5H,3,7H2,1-2H3,(H,8,9)/t15-,16-;4-,5-/m00/s1. The molecule has 7 N–H and O–H groups in total.